The number of halogens is 1. The molecule has 0 bridgehead atoms. The number of benzene rings is 1. The molecule has 0 fully saturated rings. The Morgan fingerprint density at radius 1 is 1.50 bits per heavy atom. The number of carbonyl (C=O) groups is 2. The molecule has 6 heteroatoms. The highest BCUT2D eigenvalue weighted by molar-refractivity contribution is 6.30. The van der Waals surface area contributed by atoms with Crippen LogP contribution in [0.4, 0.5) is 10.5 Å². The van der Waals surface area contributed by atoms with Gasteiger partial charge in [-0.15, -0.1) is 0 Å². The van der Waals surface area contributed by atoms with E-state index in [1.807, 2.05) is 0 Å². The van der Waals surface area contributed by atoms with Crippen molar-refractivity contribution in [2.45, 2.75) is 13.0 Å². The Kier molecular flexibility index (Phi) is 4.13. The van der Waals surface area contributed by atoms with Crippen molar-refractivity contribution < 1.29 is 19.4 Å². The topological polar surface area (TPSA) is 75.6 Å². The lowest BCUT2D eigenvalue weighted by Gasteiger charge is -2.09. The first kappa shape index (κ1) is 12.3. The van der Waals surface area contributed by atoms with Crippen molar-refractivity contribution in [3.8, 4) is 0 Å². The first-order chi connectivity index (χ1) is 7.49. The van der Waals surface area contributed by atoms with Crippen LogP contribution in [-0.2, 0) is 9.53 Å². The van der Waals surface area contributed by atoms with Gasteiger partial charge < -0.3 is 9.84 Å². The summed E-state index contributed by atoms with van der Waals surface area (Å²) in [7, 11) is 0. The minimum absolute atomic E-state index is 0.440. The maximum Gasteiger partial charge on any atom is 0.412 e. The van der Waals surface area contributed by atoms with E-state index in [-0.39, 0.29) is 0 Å². The molecule has 0 aliphatic carbocycles. The summed E-state index contributed by atoms with van der Waals surface area (Å²) in [4.78, 5) is 21.6. The maximum absolute atomic E-state index is 11.2. The molecule has 0 aromatic heterocycles. The van der Waals surface area contributed by atoms with E-state index in [1.54, 1.807) is 18.2 Å². The Bertz CT molecular complexity index is 408. The molecule has 0 aliphatic heterocycles. The van der Waals surface area contributed by atoms with E-state index < -0.39 is 18.2 Å². The first-order valence-corrected chi connectivity index (χ1v) is 4.83. The maximum atomic E-state index is 11.2. The van der Waals surface area contributed by atoms with Crippen LogP contribution < -0.4 is 5.32 Å². The van der Waals surface area contributed by atoms with Gasteiger partial charge in [0.1, 0.15) is 0 Å². The number of carboxylic acids is 1. The molecule has 0 aliphatic rings. The molecule has 0 saturated carbocycles. The SMILES string of the molecule is C[C@H](OC(=O)Nc1cccc(Cl)c1)C(=O)O. The van der Waals surface area contributed by atoms with E-state index in [0.29, 0.717) is 10.7 Å². The molecule has 0 radical (unpaired) electrons. The largest absolute Gasteiger partial charge is 0.479 e. The summed E-state index contributed by atoms with van der Waals surface area (Å²) in [5.74, 6) is -1.21. The van der Waals surface area contributed by atoms with E-state index in [9.17, 15) is 9.59 Å². The van der Waals surface area contributed by atoms with Gasteiger partial charge in [-0.05, 0) is 25.1 Å². The second kappa shape index (κ2) is 5.37. The number of amides is 1. The Labute approximate surface area is 97.0 Å². The van der Waals surface area contributed by atoms with E-state index in [0.717, 1.165) is 0 Å². The zero-order valence-corrected chi connectivity index (χ0v) is 9.19. The van der Waals surface area contributed by atoms with Crippen molar-refractivity contribution in [1.82, 2.24) is 0 Å². The summed E-state index contributed by atoms with van der Waals surface area (Å²) in [5, 5.41) is 11.3. The molecule has 0 spiro atoms. The monoisotopic (exact) mass is 243 g/mol. The van der Waals surface area contributed by atoms with Crippen LogP contribution in [0.15, 0.2) is 24.3 Å². The molecule has 5 nitrogen and oxygen atoms in total. The van der Waals surface area contributed by atoms with Crippen molar-refractivity contribution in [2.75, 3.05) is 5.32 Å². The molecule has 0 unspecified atom stereocenters. The highest BCUT2D eigenvalue weighted by Crippen LogP contribution is 2.15. The van der Waals surface area contributed by atoms with Crippen LogP contribution in [0.2, 0.25) is 5.02 Å². The van der Waals surface area contributed by atoms with Gasteiger partial charge in [-0.2, -0.15) is 0 Å². The number of aliphatic carboxylic acids is 1. The number of rotatable bonds is 3. The fraction of sp³-hybridized carbons (Fsp3) is 0.200. The van der Waals surface area contributed by atoms with Crippen molar-refractivity contribution in [2.24, 2.45) is 0 Å². The summed E-state index contributed by atoms with van der Waals surface area (Å²) in [6, 6.07) is 6.43. The lowest BCUT2D eigenvalue weighted by atomic mass is 10.3. The van der Waals surface area contributed by atoms with Gasteiger partial charge in [-0.3, -0.25) is 5.32 Å². The van der Waals surface area contributed by atoms with Crippen LogP contribution in [0, 0.1) is 0 Å². The summed E-state index contributed by atoms with van der Waals surface area (Å²) < 4.78 is 4.56. The van der Waals surface area contributed by atoms with Crippen molar-refractivity contribution in [3.63, 3.8) is 0 Å². The molecule has 0 saturated heterocycles. The average Bonchev–Trinajstić information content (AvgIpc) is 2.16. The third-order valence-corrected chi connectivity index (χ3v) is 1.94. The predicted octanol–water partition coefficient (Wildman–Crippen LogP) is 2.36. The number of hydrogen-bond acceptors (Lipinski definition) is 3. The van der Waals surface area contributed by atoms with Gasteiger partial charge in [0.05, 0.1) is 0 Å². The number of nitrogens with one attached hydrogen (secondary N) is 1. The quantitative estimate of drug-likeness (QED) is 0.855. The van der Waals surface area contributed by atoms with Gasteiger partial charge in [0, 0.05) is 10.7 Å². The standard InChI is InChI=1S/C10H10ClNO4/c1-6(9(13)14)16-10(15)12-8-4-2-3-7(11)5-8/h2-6H,1H3,(H,12,15)(H,13,14)/t6-/m0/s1. The molecular weight excluding hydrogens is 234 g/mol. The molecule has 16 heavy (non-hydrogen) atoms. The Morgan fingerprint density at radius 3 is 2.75 bits per heavy atom. The number of carboxylic acid groups (broad SMARTS) is 1. The van der Waals surface area contributed by atoms with Crippen LogP contribution in [0.1, 0.15) is 6.92 Å². The molecule has 1 amide bonds. The molecule has 1 atom stereocenters. The van der Waals surface area contributed by atoms with Crippen molar-refractivity contribution in [1.29, 1.82) is 0 Å². The van der Waals surface area contributed by atoms with E-state index in [2.05, 4.69) is 10.1 Å². The molecule has 1 aromatic rings. The first-order valence-electron chi connectivity index (χ1n) is 4.45. The normalized spacial score (nSPS) is 11.6. The second-order valence-electron chi connectivity index (χ2n) is 3.02. The average molecular weight is 244 g/mol. The van der Waals surface area contributed by atoms with Gasteiger partial charge in [-0.1, -0.05) is 17.7 Å². The van der Waals surface area contributed by atoms with E-state index in [4.69, 9.17) is 16.7 Å². The molecule has 0 heterocycles. The third-order valence-electron chi connectivity index (χ3n) is 1.70. The van der Waals surface area contributed by atoms with Gasteiger partial charge in [0.25, 0.3) is 0 Å². The van der Waals surface area contributed by atoms with Gasteiger partial charge in [0.2, 0.25) is 0 Å². The van der Waals surface area contributed by atoms with Gasteiger partial charge >= 0.3 is 12.1 Å². The summed E-state index contributed by atoms with van der Waals surface area (Å²) in [5.41, 5.74) is 0.440. The van der Waals surface area contributed by atoms with Gasteiger partial charge in [-0.25, -0.2) is 9.59 Å². The van der Waals surface area contributed by atoms with Crippen LogP contribution in [-0.4, -0.2) is 23.3 Å². The van der Waals surface area contributed by atoms with Crippen molar-refractivity contribution in [3.05, 3.63) is 29.3 Å². The predicted molar refractivity (Wildman–Crippen MR) is 58.7 cm³/mol. The molecular formula is C10H10ClNO4. The highest BCUT2D eigenvalue weighted by Gasteiger charge is 2.16. The van der Waals surface area contributed by atoms with Crippen LogP contribution in [0.3, 0.4) is 0 Å². The Hall–Kier alpha value is -1.75. The van der Waals surface area contributed by atoms with E-state index in [1.165, 1.54) is 13.0 Å². The smallest absolute Gasteiger partial charge is 0.412 e. The Balaban J connectivity index is 2.55. The summed E-state index contributed by atoms with van der Waals surface area (Å²) in [6.45, 7) is 1.26. The van der Waals surface area contributed by atoms with Crippen molar-refractivity contribution >= 4 is 29.4 Å². The van der Waals surface area contributed by atoms with Crippen LogP contribution in [0.25, 0.3) is 0 Å². The minimum Gasteiger partial charge on any atom is -0.479 e. The van der Waals surface area contributed by atoms with Crippen LogP contribution >= 0.6 is 11.6 Å². The fourth-order valence-electron chi connectivity index (χ4n) is 0.925. The number of hydrogen-bond donors (Lipinski definition) is 2. The number of anilines is 1. The summed E-state index contributed by atoms with van der Waals surface area (Å²) >= 11 is 5.70. The second-order valence-corrected chi connectivity index (χ2v) is 3.46. The highest BCUT2D eigenvalue weighted by atomic mass is 35.5. The third kappa shape index (κ3) is 3.78. The zero-order valence-electron chi connectivity index (χ0n) is 8.44. The lowest BCUT2D eigenvalue weighted by Crippen LogP contribution is -2.26. The molecule has 86 valence electrons. The fourth-order valence-corrected chi connectivity index (χ4v) is 1.11. The number of ether oxygens (including phenoxy) is 1. The zero-order chi connectivity index (χ0) is 12.1. The molecule has 1 aromatic carbocycles. The lowest BCUT2D eigenvalue weighted by molar-refractivity contribution is -0.145. The Morgan fingerprint density at radius 2 is 2.19 bits per heavy atom. The van der Waals surface area contributed by atoms with E-state index >= 15 is 0 Å². The molecule has 2 N–H and O–H groups in total. The number of carbonyl (C=O) groups excluding carboxylic acids is 1. The molecule has 1 rings (SSSR count). The van der Waals surface area contributed by atoms with Crippen LogP contribution in [0.5, 0.6) is 0 Å². The minimum atomic E-state index is -1.21. The van der Waals surface area contributed by atoms with Gasteiger partial charge in [0.15, 0.2) is 6.10 Å². The summed E-state index contributed by atoms with van der Waals surface area (Å²) in [6.07, 6.45) is -2.03.